The highest BCUT2D eigenvalue weighted by atomic mass is 35.5. The molecule has 1 amide bonds. The molecule has 1 aliphatic heterocycles. The van der Waals surface area contributed by atoms with Crippen molar-refractivity contribution in [2.75, 3.05) is 26.7 Å². The number of rotatable bonds is 3. The molecule has 1 unspecified atom stereocenters. The van der Waals surface area contributed by atoms with Crippen molar-refractivity contribution in [3.05, 3.63) is 16.6 Å². The summed E-state index contributed by atoms with van der Waals surface area (Å²) in [6.07, 6.45) is -0.350. The Morgan fingerprint density at radius 2 is 2.44 bits per heavy atom. The highest BCUT2D eigenvalue weighted by molar-refractivity contribution is 7.07. The number of ether oxygens (including phenoxy) is 1. The molecule has 0 saturated carbocycles. The van der Waals surface area contributed by atoms with Crippen molar-refractivity contribution in [2.45, 2.75) is 12.6 Å². The largest absolute Gasteiger partial charge is 0.366 e. The number of aromatic nitrogens is 1. The monoisotopic (exact) mass is 313 g/mol. The van der Waals surface area contributed by atoms with E-state index in [1.807, 2.05) is 5.38 Å². The predicted octanol–water partition coefficient (Wildman–Crippen LogP) is 0.933. The Kier molecular flexibility index (Phi) is 8.47. The van der Waals surface area contributed by atoms with Crippen LogP contribution in [-0.2, 0) is 16.1 Å². The Labute approximate surface area is 123 Å². The second kappa shape index (κ2) is 8.66. The SMILES string of the molecule is CN(Cc1cscn1)C(=O)C1CNCCO1.Cl.Cl. The molecule has 1 aliphatic rings. The maximum Gasteiger partial charge on any atom is 0.253 e. The Morgan fingerprint density at radius 3 is 3.00 bits per heavy atom. The molecule has 5 nitrogen and oxygen atoms in total. The van der Waals surface area contributed by atoms with Gasteiger partial charge in [-0.2, -0.15) is 0 Å². The van der Waals surface area contributed by atoms with Crippen molar-refractivity contribution in [1.29, 1.82) is 0 Å². The zero-order valence-electron chi connectivity index (χ0n) is 10.00. The highest BCUT2D eigenvalue weighted by Crippen LogP contribution is 2.07. The van der Waals surface area contributed by atoms with Crippen LogP contribution in [0.2, 0.25) is 0 Å². The first-order valence-electron chi connectivity index (χ1n) is 5.22. The van der Waals surface area contributed by atoms with Crippen molar-refractivity contribution in [3.8, 4) is 0 Å². The van der Waals surface area contributed by atoms with Gasteiger partial charge in [-0.1, -0.05) is 0 Å². The average molecular weight is 314 g/mol. The number of nitrogens with zero attached hydrogens (tertiary/aromatic N) is 2. The van der Waals surface area contributed by atoms with Crippen molar-refractivity contribution in [1.82, 2.24) is 15.2 Å². The van der Waals surface area contributed by atoms with Gasteiger partial charge in [0.15, 0.2) is 0 Å². The molecule has 1 atom stereocenters. The molecule has 2 rings (SSSR count). The number of hydrogen-bond donors (Lipinski definition) is 1. The van der Waals surface area contributed by atoms with Gasteiger partial charge in [-0.3, -0.25) is 4.79 Å². The third-order valence-corrected chi connectivity index (χ3v) is 3.10. The second-order valence-electron chi connectivity index (χ2n) is 3.74. The van der Waals surface area contributed by atoms with Crippen molar-refractivity contribution >= 4 is 42.1 Å². The normalized spacial score (nSPS) is 18.4. The second-order valence-corrected chi connectivity index (χ2v) is 4.46. The summed E-state index contributed by atoms with van der Waals surface area (Å²) in [5.74, 6) is 0.0141. The maximum atomic E-state index is 12.0. The van der Waals surface area contributed by atoms with Crippen LogP contribution >= 0.6 is 36.2 Å². The minimum Gasteiger partial charge on any atom is -0.366 e. The lowest BCUT2D eigenvalue weighted by atomic mass is 10.2. The Balaban J connectivity index is 0.00000144. The number of likely N-dealkylation sites (N-methyl/N-ethyl adjacent to an activating group) is 1. The Morgan fingerprint density at radius 1 is 1.67 bits per heavy atom. The number of carbonyl (C=O) groups excluding carboxylic acids is 1. The van der Waals surface area contributed by atoms with E-state index in [9.17, 15) is 4.79 Å². The Hall–Kier alpha value is -0.400. The first kappa shape index (κ1) is 17.6. The molecule has 0 bridgehead atoms. The Bertz CT molecular complexity index is 345. The van der Waals surface area contributed by atoms with Gasteiger partial charge < -0.3 is 15.0 Å². The van der Waals surface area contributed by atoms with Crippen LogP contribution in [0.15, 0.2) is 10.9 Å². The molecule has 1 N–H and O–H groups in total. The summed E-state index contributed by atoms with van der Waals surface area (Å²) in [5.41, 5.74) is 2.69. The standard InChI is InChI=1S/C10H15N3O2S.2ClH/c1-13(5-8-6-16-7-12-8)10(14)9-4-11-2-3-15-9;;/h6-7,9,11H,2-5H2,1H3;2*1H. The number of morpholine rings is 1. The molecular weight excluding hydrogens is 297 g/mol. The maximum absolute atomic E-state index is 12.0. The fraction of sp³-hybridized carbons (Fsp3) is 0.600. The third-order valence-electron chi connectivity index (χ3n) is 2.46. The van der Waals surface area contributed by atoms with Gasteiger partial charge >= 0.3 is 0 Å². The quantitative estimate of drug-likeness (QED) is 0.902. The number of thiazole rings is 1. The van der Waals surface area contributed by atoms with Crippen LogP contribution in [0.5, 0.6) is 0 Å². The summed E-state index contributed by atoms with van der Waals surface area (Å²) in [5, 5.41) is 5.09. The van der Waals surface area contributed by atoms with Gasteiger partial charge in [0.2, 0.25) is 0 Å². The first-order chi connectivity index (χ1) is 7.77. The summed E-state index contributed by atoms with van der Waals surface area (Å²) < 4.78 is 5.41. The number of carbonyl (C=O) groups is 1. The zero-order valence-corrected chi connectivity index (χ0v) is 12.4. The van der Waals surface area contributed by atoms with E-state index in [0.29, 0.717) is 19.7 Å². The molecule has 18 heavy (non-hydrogen) atoms. The lowest BCUT2D eigenvalue weighted by molar-refractivity contribution is -0.144. The molecule has 8 heteroatoms. The van der Waals surface area contributed by atoms with E-state index in [-0.39, 0.29) is 36.8 Å². The smallest absolute Gasteiger partial charge is 0.253 e. The van der Waals surface area contributed by atoms with E-state index in [1.165, 1.54) is 11.3 Å². The van der Waals surface area contributed by atoms with Crippen LogP contribution in [0, 0.1) is 0 Å². The van der Waals surface area contributed by atoms with E-state index < -0.39 is 0 Å². The lowest BCUT2D eigenvalue weighted by Crippen LogP contribution is -2.48. The fourth-order valence-corrected chi connectivity index (χ4v) is 2.16. The van der Waals surface area contributed by atoms with Gasteiger partial charge in [-0.05, 0) is 0 Å². The average Bonchev–Trinajstić information content (AvgIpc) is 2.82. The molecule has 0 radical (unpaired) electrons. The van der Waals surface area contributed by atoms with Crippen molar-refractivity contribution in [3.63, 3.8) is 0 Å². The molecule has 104 valence electrons. The van der Waals surface area contributed by atoms with Gasteiger partial charge in [-0.15, -0.1) is 36.2 Å². The summed E-state index contributed by atoms with van der Waals surface area (Å²) in [7, 11) is 1.78. The van der Waals surface area contributed by atoms with Gasteiger partial charge in [0.1, 0.15) is 6.10 Å². The molecular formula is C10H17Cl2N3O2S. The molecule has 2 heterocycles. The van der Waals surface area contributed by atoms with E-state index in [2.05, 4.69) is 10.3 Å². The molecule has 1 saturated heterocycles. The van der Waals surface area contributed by atoms with Crippen molar-refractivity contribution in [2.24, 2.45) is 0 Å². The van der Waals surface area contributed by atoms with E-state index in [1.54, 1.807) is 17.5 Å². The van der Waals surface area contributed by atoms with Crippen LogP contribution < -0.4 is 5.32 Å². The molecule has 0 aliphatic carbocycles. The fourth-order valence-electron chi connectivity index (χ4n) is 1.61. The number of amides is 1. The topological polar surface area (TPSA) is 54.5 Å². The highest BCUT2D eigenvalue weighted by Gasteiger charge is 2.24. The molecule has 0 spiro atoms. The van der Waals surface area contributed by atoms with Gasteiger partial charge in [0, 0.05) is 25.5 Å². The summed E-state index contributed by atoms with van der Waals surface area (Å²) in [4.78, 5) is 17.8. The van der Waals surface area contributed by atoms with Gasteiger partial charge in [-0.25, -0.2) is 4.98 Å². The number of nitrogens with one attached hydrogen (secondary N) is 1. The molecule has 1 aromatic rings. The van der Waals surface area contributed by atoms with Gasteiger partial charge in [0.25, 0.3) is 5.91 Å². The van der Waals surface area contributed by atoms with Crippen LogP contribution in [0.3, 0.4) is 0 Å². The third kappa shape index (κ3) is 4.70. The van der Waals surface area contributed by atoms with Crippen molar-refractivity contribution < 1.29 is 9.53 Å². The number of hydrogen-bond acceptors (Lipinski definition) is 5. The lowest BCUT2D eigenvalue weighted by Gasteiger charge is -2.26. The van der Waals surface area contributed by atoms with E-state index >= 15 is 0 Å². The first-order valence-corrected chi connectivity index (χ1v) is 6.16. The summed E-state index contributed by atoms with van der Waals surface area (Å²) in [6, 6.07) is 0. The molecule has 1 fully saturated rings. The minimum absolute atomic E-state index is 0. The molecule has 0 aromatic carbocycles. The number of halogens is 2. The van der Waals surface area contributed by atoms with Crippen LogP contribution in [-0.4, -0.2) is 48.6 Å². The molecule has 1 aromatic heterocycles. The zero-order chi connectivity index (χ0) is 11.4. The van der Waals surface area contributed by atoms with E-state index in [0.717, 1.165) is 12.2 Å². The summed E-state index contributed by atoms with van der Waals surface area (Å²) >= 11 is 1.54. The van der Waals surface area contributed by atoms with Crippen LogP contribution in [0.1, 0.15) is 5.69 Å². The minimum atomic E-state index is -0.350. The van der Waals surface area contributed by atoms with E-state index in [4.69, 9.17) is 4.74 Å². The predicted molar refractivity (Wildman–Crippen MR) is 75.7 cm³/mol. The van der Waals surface area contributed by atoms with Crippen LogP contribution in [0.4, 0.5) is 0 Å². The van der Waals surface area contributed by atoms with Crippen LogP contribution in [0.25, 0.3) is 0 Å². The summed E-state index contributed by atoms with van der Waals surface area (Å²) in [6.45, 7) is 2.56. The van der Waals surface area contributed by atoms with Gasteiger partial charge in [0.05, 0.1) is 24.4 Å².